The van der Waals surface area contributed by atoms with Crippen LogP contribution >= 0.6 is 0 Å². The zero-order valence-electron chi connectivity index (χ0n) is 30.3. The predicted molar refractivity (Wildman–Crippen MR) is 227 cm³/mol. The molecule has 0 saturated carbocycles. The van der Waals surface area contributed by atoms with Crippen LogP contribution in [0.1, 0.15) is 28.7 Å². The normalized spacial score (nSPS) is 17.9. The first-order chi connectivity index (χ1) is 27.8. The monoisotopic (exact) mass is 715 g/mol. The van der Waals surface area contributed by atoms with Gasteiger partial charge in [-0.2, -0.15) is 0 Å². The maximum atomic E-state index is 4.66. The SMILES string of the molecule is C1=CCC2C(=C1)c1ccccc1C21c2ccccc2-c2[nH]c3c(c21)c1ccccc1n3-c1ccc(-c2ccc(-n3c4cccnc4c4ncccc43)cc2)cc1. The number of hydrogen-bond acceptors (Lipinski definition) is 2. The lowest BCUT2D eigenvalue weighted by Crippen LogP contribution is -2.32. The summed E-state index contributed by atoms with van der Waals surface area (Å²) in [6.07, 6.45) is 11.7. The summed E-state index contributed by atoms with van der Waals surface area (Å²) in [5.74, 6) is 0.322. The molecule has 5 heteroatoms. The molecule has 56 heavy (non-hydrogen) atoms. The molecule has 0 bridgehead atoms. The van der Waals surface area contributed by atoms with Crippen molar-refractivity contribution in [1.29, 1.82) is 0 Å². The Hall–Kier alpha value is -7.24. The van der Waals surface area contributed by atoms with E-state index in [0.717, 1.165) is 45.5 Å². The van der Waals surface area contributed by atoms with Crippen molar-refractivity contribution in [2.24, 2.45) is 5.92 Å². The number of rotatable bonds is 3. The molecule has 1 spiro atoms. The van der Waals surface area contributed by atoms with Crippen molar-refractivity contribution < 1.29 is 0 Å². The van der Waals surface area contributed by atoms with E-state index in [2.05, 4.69) is 176 Å². The van der Waals surface area contributed by atoms with E-state index in [1.807, 2.05) is 24.5 Å². The van der Waals surface area contributed by atoms with E-state index in [1.54, 1.807) is 0 Å². The second kappa shape index (κ2) is 10.9. The molecular formula is C51H33N5. The fraction of sp³-hybridized carbons (Fsp3) is 0.0588. The highest BCUT2D eigenvalue weighted by Crippen LogP contribution is 2.67. The van der Waals surface area contributed by atoms with Gasteiger partial charge in [0.15, 0.2) is 0 Å². The van der Waals surface area contributed by atoms with Crippen molar-refractivity contribution in [2.45, 2.75) is 11.8 Å². The smallest absolute Gasteiger partial charge is 0.123 e. The lowest BCUT2D eigenvalue weighted by Gasteiger charge is -2.35. The Bertz CT molecular complexity index is 3280. The summed E-state index contributed by atoms with van der Waals surface area (Å²) in [6, 6.07) is 53.3. The summed E-state index contributed by atoms with van der Waals surface area (Å²) in [7, 11) is 0. The third-order valence-corrected chi connectivity index (χ3v) is 12.8. The molecule has 5 aromatic carbocycles. The number of benzene rings is 5. The zero-order valence-corrected chi connectivity index (χ0v) is 30.3. The largest absolute Gasteiger partial charge is 0.340 e. The van der Waals surface area contributed by atoms with Gasteiger partial charge >= 0.3 is 0 Å². The van der Waals surface area contributed by atoms with Crippen LogP contribution in [-0.2, 0) is 5.41 Å². The van der Waals surface area contributed by atoms with Crippen LogP contribution < -0.4 is 0 Å². The number of H-pyrrole nitrogens is 1. The molecule has 10 aromatic rings. The summed E-state index contributed by atoms with van der Waals surface area (Å²) < 4.78 is 4.69. The van der Waals surface area contributed by atoms with Crippen LogP contribution in [0.15, 0.2) is 176 Å². The highest BCUT2D eigenvalue weighted by molar-refractivity contribution is 6.15. The second-order valence-corrected chi connectivity index (χ2v) is 15.4. The summed E-state index contributed by atoms with van der Waals surface area (Å²) in [6.45, 7) is 0. The molecule has 0 amide bonds. The van der Waals surface area contributed by atoms with E-state index >= 15 is 0 Å². The maximum Gasteiger partial charge on any atom is 0.123 e. The zero-order chi connectivity index (χ0) is 36.5. The molecule has 262 valence electrons. The van der Waals surface area contributed by atoms with Gasteiger partial charge in [-0.1, -0.05) is 109 Å². The van der Waals surface area contributed by atoms with Crippen molar-refractivity contribution in [3.05, 3.63) is 198 Å². The van der Waals surface area contributed by atoms with Gasteiger partial charge in [0.05, 0.1) is 27.7 Å². The average molecular weight is 716 g/mol. The fourth-order valence-corrected chi connectivity index (χ4v) is 10.7. The molecule has 0 fully saturated rings. The van der Waals surface area contributed by atoms with Crippen molar-refractivity contribution in [3.8, 4) is 33.8 Å². The van der Waals surface area contributed by atoms with E-state index in [1.165, 1.54) is 66.5 Å². The number of aromatic amines is 1. The third-order valence-electron chi connectivity index (χ3n) is 12.8. The van der Waals surface area contributed by atoms with Crippen LogP contribution in [0.3, 0.4) is 0 Å². The highest BCUT2D eigenvalue weighted by Gasteiger charge is 2.57. The van der Waals surface area contributed by atoms with E-state index in [-0.39, 0.29) is 5.41 Å². The van der Waals surface area contributed by atoms with Gasteiger partial charge in [0.25, 0.3) is 0 Å². The van der Waals surface area contributed by atoms with Crippen LogP contribution in [0.5, 0.6) is 0 Å². The average Bonchev–Trinajstić information content (AvgIpc) is 4.04. The number of fused-ring (bicyclic) bond motifs is 17. The van der Waals surface area contributed by atoms with Gasteiger partial charge in [-0.05, 0) is 94.4 Å². The Balaban J connectivity index is 0.964. The summed E-state index contributed by atoms with van der Waals surface area (Å²) in [4.78, 5) is 13.4. The number of hydrogen-bond donors (Lipinski definition) is 1. The molecule has 3 aliphatic carbocycles. The van der Waals surface area contributed by atoms with Gasteiger partial charge < -0.3 is 9.55 Å². The molecule has 5 nitrogen and oxygen atoms in total. The molecule has 5 aromatic heterocycles. The number of nitrogens with one attached hydrogen (secondary N) is 1. The highest BCUT2D eigenvalue weighted by atomic mass is 15.1. The van der Waals surface area contributed by atoms with Gasteiger partial charge in [-0.25, -0.2) is 0 Å². The van der Waals surface area contributed by atoms with Crippen LogP contribution in [0.2, 0.25) is 0 Å². The van der Waals surface area contributed by atoms with Crippen LogP contribution in [0.25, 0.3) is 83.3 Å². The fourth-order valence-electron chi connectivity index (χ4n) is 10.7. The van der Waals surface area contributed by atoms with Crippen molar-refractivity contribution in [3.63, 3.8) is 0 Å². The molecular weight excluding hydrogens is 683 g/mol. The van der Waals surface area contributed by atoms with Gasteiger partial charge in [-0.15, -0.1) is 0 Å². The first-order valence-electron chi connectivity index (χ1n) is 19.4. The summed E-state index contributed by atoms with van der Waals surface area (Å²) in [5.41, 5.74) is 20.2. The molecule has 1 N–H and O–H groups in total. The Kier molecular flexibility index (Phi) is 5.88. The standard InChI is InChI=1S/C51H33N5/c1-5-15-39-35(11-1)36-12-2-6-16-40(36)51(39)41-17-7-3-13-37(41)47-46(51)45-38-14-4-8-18-42(38)56(50(45)54-47)34-27-23-32(24-28-34)31-21-25-33(26-22-31)55-43-19-9-29-52-48(43)49-44(55)20-10-30-53-49/h1-15,17-30,40,54H,16H2. The third kappa shape index (κ3) is 3.70. The van der Waals surface area contributed by atoms with Crippen LogP contribution in [0, 0.1) is 5.92 Å². The van der Waals surface area contributed by atoms with Crippen molar-refractivity contribution in [1.82, 2.24) is 24.1 Å². The Morgan fingerprint density at radius 1 is 0.571 bits per heavy atom. The predicted octanol–water partition coefficient (Wildman–Crippen LogP) is 12.0. The van der Waals surface area contributed by atoms with Gasteiger partial charge in [0.2, 0.25) is 0 Å². The van der Waals surface area contributed by atoms with E-state index in [9.17, 15) is 0 Å². The van der Waals surface area contributed by atoms with E-state index in [0.29, 0.717) is 5.92 Å². The summed E-state index contributed by atoms with van der Waals surface area (Å²) >= 11 is 0. The molecule has 13 rings (SSSR count). The Morgan fingerprint density at radius 3 is 1.88 bits per heavy atom. The number of allylic oxidation sites excluding steroid dienone is 4. The summed E-state index contributed by atoms with van der Waals surface area (Å²) in [5, 5.41) is 2.61. The minimum Gasteiger partial charge on any atom is -0.340 e. The molecule has 2 unspecified atom stereocenters. The quantitative estimate of drug-likeness (QED) is 0.198. The molecule has 3 aliphatic rings. The van der Waals surface area contributed by atoms with Crippen molar-refractivity contribution >= 4 is 49.6 Å². The van der Waals surface area contributed by atoms with E-state index in [4.69, 9.17) is 0 Å². The van der Waals surface area contributed by atoms with Gasteiger partial charge in [0, 0.05) is 51.6 Å². The lowest BCUT2D eigenvalue weighted by molar-refractivity contribution is 0.498. The van der Waals surface area contributed by atoms with Crippen LogP contribution in [-0.4, -0.2) is 24.1 Å². The van der Waals surface area contributed by atoms with Crippen molar-refractivity contribution in [2.75, 3.05) is 0 Å². The minimum absolute atomic E-state index is 0.283. The van der Waals surface area contributed by atoms with Crippen LogP contribution in [0.4, 0.5) is 0 Å². The number of aromatic nitrogens is 5. The molecule has 0 aliphatic heterocycles. The number of para-hydroxylation sites is 1. The first kappa shape index (κ1) is 30.1. The Morgan fingerprint density at radius 2 is 1.16 bits per heavy atom. The molecule has 5 heterocycles. The molecule has 0 saturated heterocycles. The van der Waals surface area contributed by atoms with Gasteiger partial charge in [0.1, 0.15) is 16.7 Å². The van der Waals surface area contributed by atoms with E-state index < -0.39 is 0 Å². The molecule has 2 atom stereocenters. The van der Waals surface area contributed by atoms with Gasteiger partial charge in [-0.3, -0.25) is 14.5 Å². The lowest BCUT2D eigenvalue weighted by atomic mass is 9.65. The maximum absolute atomic E-state index is 4.66. The number of pyridine rings is 2. The Labute approximate surface area is 322 Å². The first-order valence-corrected chi connectivity index (χ1v) is 19.4. The minimum atomic E-state index is -0.283. The topological polar surface area (TPSA) is 51.4 Å². The molecule has 0 radical (unpaired) electrons. The second-order valence-electron chi connectivity index (χ2n) is 15.4. The number of nitrogens with zero attached hydrogens (tertiary/aromatic N) is 4.